The zero-order valence-electron chi connectivity index (χ0n) is 7.04. The van der Waals surface area contributed by atoms with E-state index in [2.05, 4.69) is 0 Å². The highest BCUT2D eigenvalue weighted by atomic mass is 14.5. The highest BCUT2D eigenvalue weighted by molar-refractivity contribution is 6.06. The fourth-order valence-corrected chi connectivity index (χ4v) is 0.926. The summed E-state index contributed by atoms with van der Waals surface area (Å²) in [6.45, 7) is 2.02. The first-order chi connectivity index (χ1) is 5.74. The third-order valence-corrected chi connectivity index (χ3v) is 1.63. The molecule has 3 N–H and O–H groups in total. The lowest BCUT2D eigenvalue weighted by molar-refractivity contribution is 1.43. The van der Waals surface area contributed by atoms with Gasteiger partial charge in [-0.3, -0.25) is 0 Å². The Hall–Kier alpha value is -1.57. The molecular weight excluding hydrogens is 148 g/mol. The highest BCUT2D eigenvalue weighted by Gasteiger charge is 1.94. The Balaban J connectivity index is 2.90. The summed E-state index contributed by atoms with van der Waals surface area (Å²) in [6, 6.07) is 7.79. The third-order valence-electron chi connectivity index (χ3n) is 1.63. The summed E-state index contributed by atoms with van der Waals surface area (Å²) in [5.74, 6) is 0. The highest BCUT2D eigenvalue weighted by Crippen LogP contribution is 2.03. The summed E-state index contributed by atoms with van der Waals surface area (Å²) < 4.78 is 0. The zero-order chi connectivity index (χ0) is 8.97. The maximum absolute atomic E-state index is 7.53. The van der Waals surface area contributed by atoms with Gasteiger partial charge in [0.2, 0.25) is 0 Å². The zero-order valence-corrected chi connectivity index (χ0v) is 7.04. The van der Waals surface area contributed by atoms with E-state index in [9.17, 15) is 0 Å². The summed E-state index contributed by atoms with van der Waals surface area (Å²) in [6.07, 6.45) is 2.95. The number of hydrogen-bond acceptors (Lipinski definition) is 2. The van der Waals surface area contributed by atoms with Gasteiger partial charge in [0.05, 0.1) is 5.71 Å². The monoisotopic (exact) mass is 160 g/mol. The largest absolute Gasteiger partial charge is 0.405 e. The third kappa shape index (κ3) is 1.95. The van der Waals surface area contributed by atoms with Crippen molar-refractivity contribution < 1.29 is 0 Å². The molecule has 0 radical (unpaired) electrons. The van der Waals surface area contributed by atoms with E-state index < -0.39 is 0 Å². The molecule has 1 rings (SSSR count). The Kier molecular flexibility index (Phi) is 2.64. The molecule has 12 heavy (non-hydrogen) atoms. The van der Waals surface area contributed by atoms with Gasteiger partial charge in [-0.15, -0.1) is 0 Å². The lowest BCUT2D eigenvalue weighted by atomic mass is 10.1. The van der Waals surface area contributed by atoms with Crippen LogP contribution < -0.4 is 5.73 Å². The van der Waals surface area contributed by atoms with E-state index in [0.29, 0.717) is 5.71 Å². The summed E-state index contributed by atoms with van der Waals surface area (Å²) in [7, 11) is 0. The molecule has 1 aromatic rings. The van der Waals surface area contributed by atoms with Crippen molar-refractivity contribution in [1.29, 1.82) is 5.41 Å². The summed E-state index contributed by atoms with van der Waals surface area (Å²) in [5.41, 5.74) is 7.71. The molecule has 62 valence electrons. The molecule has 0 aliphatic carbocycles. The number of rotatable bonds is 2. The van der Waals surface area contributed by atoms with Crippen LogP contribution in [0.1, 0.15) is 11.1 Å². The molecule has 2 nitrogen and oxygen atoms in total. The van der Waals surface area contributed by atoms with Crippen molar-refractivity contribution in [2.45, 2.75) is 6.92 Å². The summed E-state index contributed by atoms with van der Waals surface area (Å²) in [5, 5.41) is 7.53. The van der Waals surface area contributed by atoms with E-state index in [1.54, 1.807) is 6.08 Å². The molecular formula is C10H12N2. The number of allylic oxidation sites excluding steroid dienone is 1. The van der Waals surface area contributed by atoms with Crippen LogP contribution in [0.5, 0.6) is 0 Å². The maximum atomic E-state index is 7.53. The van der Waals surface area contributed by atoms with Crippen LogP contribution in [-0.4, -0.2) is 5.71 Å². The Morgan fingerprint density at radius 2 is 1.92 bits per heavy atom. The number of nitrogens with one attached hydrogen (secondary N) is 1. The molecule has 0 amide bonds. The molecule has 0 saturated heterocycles. The van der Waals surface area contributed by atoms with Gasteiger partial charge in [0, 0.05) is 0 Å². The van der Waals surface area contributed by atoms with E-state index in [4.69, 9.17) is 11.1 Å². The van der Waals surface area contributed by atoms with Gasteiger partial charge in [0.15, 0.2) is 0 Å². The molecule has 1 aromatic carbocycles. The van der Waals surface area contributed by atoms with Gasteiger partial charge in [0.25, 0.3) is 0 Å². The van der Waals surface area contributed by atoms with Crippen LogP contribution in [0.25, 0.3) is 0 Å². The first-order valence-electron chi connectivity index (χ1n) is 3.78. The molecule has 0 fully saturated rings. The standard InChI is InChI=1S/C10H12N2/c1-8-2-4-9(5-3-8)10(12)6-7-11/h2-7,12H,11H2,1H3/b7-6-,12-10?. The first kappa shape index (κ1) is 8.53. The van der Waals surface area contributed by atoms with Crippen LogP contribution in [0.2, 0.25) is 0 Å². The first-order valence-corrected chi connectivity index (χ1v) is 3.78. The van der Waals surface area contributed by atoms with Gasteiger partial charge in [-0.2, -0.15) is 0 Å². The van der Waals surface area contributed by atoms with Gasteiger partial charge in [-0.25, -0.2) is 0 Å². The summed E-state index contributed by atoms with van der Waals surface area (Å²) in [4.78, 5) is 0. The Morgan fingerprint density at radius 3 is 2.42 bits per heavy atom. The second-order valence-corrected chi connectivity index (χ2v) is 2.64. The summed E-state index contributed by atoms with van der Waals surface area (Å²) >= 11 is 0. The second kappa shape index (κ2) is 3.72. The Labute approximate surface area is 72.2 Å². The maximum Gasteiger partial charge on any atom is 0.0626 e. The Bertz CT molecular complexity index is 296. The SMILES string of the molecule is Cc1ccc(C(=N)/C=C\N)cc1. The van der Waals surface area contributed by atoms with Crippen LogP contribution in [0.15, 0.2) is 36.5 Å². The lowest BCUT2D eigenvalue weighted by Gasteiger charge is -1.98. The van der Waals surface area contributed by atoms with Gasteiger partial charge < -0.3 is 11.1 Å². The smallest absolute Gasteiger partial charge is 0.0626 e. The minimum atomic E-state index is 0.442. The fraction of sp³-hybridized carbons (Fsp3) is 0.100. The predicted octanol–water partition coefficient (Wildman–Crippen LogP) is 1.84. The molecule has 0 aliphatic rings. The van der Waals surface area contributed by atoms with Crippen molar-refractivity contribution in [3.05, 3.63) is 47.7 Å². The quantitative estimate of drug-likeness (QED) is 0.637. The van der Waals surface area contributed by atoms with Crippen molar-refractivity contribution in [2.75, 3.05) is 0 Å². The van der Waals surface area contributed by atoms with Crippen molar-refractivity contribution in [2.24, 2.45) is 5.73 Å². The number of benzene rings is 1. The predicted molar refractivity (Wildman–Crippen MR) is 51.3 cm³/mol. The van der Waals surface area contributed by atoms with E-state index in [-0.39, 0.29) is 0 Å². The minimum Gasteiger partial charge on any atom is -0.405 e. The molecule has 0 saturated carbocycles. The van der Waals surface area contributed by atoms with Crippen LogP contribution in [0.3, 0.4) is 0 Å². The van der Waals surface area contributed by atoms with E-state index in [0.717, 1.165) is 5.56 Å². The number of aryl methyl sites for hydroxylation is 1. The topological polar surface area (TPSA) is 49.9 Å². The number of nitrogens with two attached hydrogens (primary N) is 1. The lowest BCUT2D eigenvalue weighted by Crippen LogP contribution is -1.95. The van der Waals surface area contributed by atoms with Crippen LogP contribution in [0, 0.1) is 12.3 Å². The second-order valence-electron chi connectivity index (χ2n) is 2.64. The fourth-order valence-electron chi connectivity index (χ4n) is 0.926. The number of hydrogen-bond donors (Lipinski definition) is 2. The molecule has 0 unspecified atom stereocenters. The van der Waals surface area contributed by atoms with Gasteiger partial charge in [-0.05, 0) is 24.8 Å². The van der Waals surface area contributed by atoms with Crippen LogP contribution in [0.4, 0.5) is 0 Å². The van der Waals surface area contributed by atoms with Crippen molar-refractivity contribution in [1.82, 2.24) is 0 Å². The molecule has 0 aliphatic heterocycles. The normalized spacial score (nSPS) is 10.4. The average molecular weight is 160 g/mol. The van der Waals surface area contributed by atoms with Gasteiger partial charge in [0.1, 0.15) is 0 Å². The molecule has 0 heterocycles. The molecule has 0 spiro atoms. The van der Waals surface area contributed by atoms with E-state index in [1.165, 1.54) is 11.8 Å². The van der Waals surface area contributed by atoms with Crippen molar-refractivity contribution in [3.63, 3.8) is 0 Å². The van der Waals surface area contributed by atoms with Crippen molar-refractivity contribution in [3.8, 4) is 0 Å². The van der Waals surface area contributed by atoms with Gasteiger partial charge in [-0.1, -0.05) is 29.8 Å². The molecule has 2 heteroatoms. The van der Waals surface area contributed by atoms with Crippen molar-refractivity contribution >= 4 is 5.71 Å². The molecule has 0 aromatic heterocycles. The average Bonchev–Trinajstić information content (AvgIpc) is 2.06. The van der Waals surface area contributed by atoms with E-state index >= 15 is 0 Å². The minimum absolute atomic E-state index is 0.442. The molecule has 0 atom stereocenters. The van der Waals surface area contributed by atoms with Crippen LogP contribution >= 0.6 is 0 Å². The van der Waals surface area contributed by atoms with Crippen LogP contribution in [-0.2, 0) is 0 Å². The molecule has 0 bridgehead atoms. The van der Waals surface area contributed by atoms with E-state index in [1.807, 2.05) is 31.2 Å². The van der Waals surface area contributed by atoms with Gasteiger partial charge >= 0.3 is 0 Å². The Morgan fingerprint density at radius 1 is 1.33 bits per heavy atom.